The number of hydrogen-bond acceptors (Lipinski definition) is 2. The largest absolute Gasteiger partial charge is 0.480 e. The Hall–Kier alpha value is -1.82. The van der Waals surface area contributed by atoms with Gasteiger partial charge in [-0.3, -0.25) is 0 Å². The highest BCUT2D eigenvalue weighted by molar-refractivity contribution is 6.31. The number of amides is 2. The van der Waals surface area contributed by atoms with Gasteiger partial charge in [0.1, 0.15) is 11.9 Å². The number of carboxylic acid groups (broad SMARTS) is 1. The van der Waals surface area contributed by atoms with Crippen molar-refractivity contribution in [2.24, 2.45) is 0 Å². The summed E-state index contributed by atoms with van der Waals surface area (Å²) in [4.78, 5) is 22.4. The molecule has 0 bridgehead atoms. The zero-order chi connectivity index (χ0) is 14.4. The molecule has 0 saturated heterocycles. The van der Waals surface area contributed by atoms with Crippen LogP contribution in [-0.2, 0) is 4.79 Å². The molecule has 3 N–H and O–H groups in total. The van der Waals surface area contributed by atoms with Gasteiger partial charge in [0.2, 0.25) is 0 Å². The molecule has 0 spiro atoms. The summed E-state index contributed by atoms with van der Waals surface area (Å²) in [6.07, 6.45) is 0.951. The van der Waals surface area contributed by atoms with Crippen LogP contribution in [0.1, 0.15) is 19.8 Å². The van der Waals surface area contributed by atoms with E-state index in [1.807, 2.05) is 6.92 Å². The fraction of sp³-hybridized carbons (Fsp3) is 0.333. The third-order valence-corrected chi connectivity index (χ3v) is 2.65. The van der Waals surface area contributed by atoms with Crippen LogP contribution in [0, 0.1) is 5.82 Å². The molecular weight excluding hydrogens is 275 g/mol. The highest BCUT2D eigenvalue weighted by atomic mass is 35.5. The van der Waals surface area contributed by atoms with Gasteiger partial charge >= 0.3 is 12.0 Å². The number of hydrogen-bond donors (Lipinski definition) is 3. The number of urea groups is 1. The lowest BCUT2D eigenvalue weighted by atomic mass is 10.2. The maximum Gasteiger partial charge on any atom is 0.326 e. The van der Waals surface area contributed by atoms with E-state index in [2.05, 4.69) is 10.6 Å². The zero-order valence-corrected chi connectivity index (χ0v) is 11.0. The van der Waals surface area contributed by atoms with Gasteiger partial charge in [0, 0.05) is 5.69 Å². The Bertz CT molecular complexity index is 482. The topological polar surface area (TPSA) is 78.4 Å². The molecule has 1 unspecified atom stereocenters. The molecule has 2 amide bonds. The van der Waals surface area contributed by atoms with Gasteiger partial charge in [-0.05, 0) is 24.6 Å². The quantitative estimate of drug-likeness (QED) is 0.779. The summed E-state index contributed by atoms with van der Waals surface area (Å²) < 4.78 is 12.9. The Morgan fingerprint density at radius 2 is 2.16 bits per heavy atom. The Balaban J connectivity index is 2.63. The molecule has 104 valence electrons. The van der Waals surface area contributed by atoms with E-state index in [1.165, 1.54) is 12.1 Å². The van der Waals surface area contributed by atoms with Crippen LogP contribution in [0.5, 0.6) is 0 Å². The van der Waals surface area contributed by atoms with E-state index in [9.17, 15) is 14.0 Å². The number of halogens is 2. The first kappa shape index (κ1) is 15.2. The van der Waals surface area contributed by atoms with Gasteiger partial charge in [-0.1, -0.05) is 24.9 Å². The van der Waals surface area contributed by atoms with Gasteiger partial charge in [0.15, 0.2) is 0 Å². The van der Waals surface area contributed by atoms with E-state index in [4.69, 9.17) is 16.7 Å². The van der Waals surface area contributed by atoms with Crippen LogP contribution in [-0.4, -0.2) is 23.1 Å². The van der Waals surface area contributed by atoms with Crippen molar-refractivity contribution in [2.45, 2.75) is 25.8 Å². The van der Waals surface area contributed by atoms with Crippen molar-refractivity contribution in [2.75, 3.05) is 5.32 Å². The first-order chi connectivity index (χ1) is 8.93. The van der Waals surface area contributed by atoms with Crippen LogP contribution in [0.2, 0.25) is 5.02 Å². The Kier molecular flexibility index (Phi) is 5.57. The minimum absolute atomic E-state index is 0.124. The monoisotopic (exact) mass is 288 g/mol. The third-order valence-electron chi connectivity index (χ3n) is 2.36. The Labute approximate surface area is 114 Å². The SMILES string of the molecule is CCCC(NC(=O)Nc1ccc(F)c(Cl)c1)C(=O)O. The lowest BCUT2D eigenvalue weighted by Crippen LogP contribution is -2.42. The normalized spacial score (nSPS) is 11.7. The van der Waals surface area contributed by atoms with Crippen molar-refractivity contribution in [1.82, 2.24) is 5.32 Å². The zero-order valence-electron chi connectivity index (χ0n) is 10.2. The number of carboxylic acids is 1. The van der Waals surface area contributed by atoms with Crippen LogP contribution < -0.4 is 10.6 Å². The standard InChI is InChI=1S/C12H14ClFN2O3/c1-2-3-10(11(17)18)16-12(19)15-7-4-5-9(14)8(13)6-7/h4-6,10H,2-3H2,1H3,(H,17,18)(H2,15,16,19). The second-order valence-electron chi connectivity index (χ2n) is 3.91. The first-order valence-corrected chi connectivity index (χ1v) is 6.07. The number of aliphatic carboxylic acids is 1. The molecular formula is C12H14ClFN2O3. The van der Waals surface area contributed by atoms with E-state index in [-0.39, 0.29) is 10.7 Å². The summed E-state index contributed by atoms with van der Waals surface area (Å²) in [5, 5.41) is 13.5. The highest BCUT2D eigenvalue weighted by Gasteiger charge is 2.18. The molecule has 1 aromatic carbocycles. The fourth-order valence-corrected chi connectivity index (χ4v) is 1.63. The number of nitrogens with one attached hydrogen (secondary N) is 2. The molecule has 1 aromatic rings. The van der Waals surface area contributed by atoms with Crippen molar-refractivity contribution >= 4 is 29.3 Å². The van der Waals surface area contributed by atoms with Crippen LogP contribution in [0.4, 0.5) is 14.9 Å². The van der Waals surface area contributed by atoms with Crippen molar-refractivity contribution in [3.05, 3.63) is 29.0 Å². The Morgan fingerprint density at radius 3 is 2.68 bits per heavy atom. The number of anilines is 1. The van der Waals surface area contributed by atoms with Crippen LogP contribution >= 0.6 is 11.6 Å². The Morgan fingerprint density at radius 1 is 1.47 bits per heavy atom. The molecule has 0 heterocycles. The minimum atomic E-state index is -1.10. The second kappa shape index (κ2) is 6.94. The second-order valence-corrected chi connectivity index (χ2v) is 4.31. The summed E-state index contributed by atoms with van der Waals surface area (Å²) in [5.41, 5.74) is 0.282. The summed E-state index contributed by atoms with van der Waals surface area (Å²) in [5.74, 6) is -1.70. The van der Waals surface area contributed by atoms with Gasteiger partial charge < -0.3 is 15.7 Å². The molecule has 7 heteroatoms. The minimum Gasteiger partial charge on any atom is -0.480 e. The average molecular weight is 289 g/mol. The lowest BCUT2D eigenvalue weighted by Gasteiger charge is -2.14. The molecule has 19 heavy (non-hydrogen) atoms. The van der Waals surface area contributed by atoms with Crippen molar-refractivity contribution in [1.29, 1.82) is 0 Å². The highest BCUT2D eigenvalue weighted by Crippen LogP contribution is 2.19. The molecule has 0 aliphatic heterocycles. The van der Waals surface area contributed by atoms with Crippen LogP contribution in [0.25, 0.3) is 0 Å². The molecule has 0 aromatic heterocycles. The molecule has 1 atom stereocenters. The molecule has 0 saturated carbocycles. The predicted molar refractivity (Wildman–Crippen MR) is 69.9 cm³/mol. The third kappa shape index (κ3) is 4.75. The van der Waals surface area contributed by atoms with Gasteiger partial charge in [-0.15, -0.1) is 0 Å². The summed E-state index contributed by atoms with van der Waals surface area (Å²) >= 11 is 5.56. The molecule has 0 fully saturated rings. The number of benzene rings is 1. The number of carbonyl (C=O) groups excluding carboxylic acids is 1. The summed E-state index contributed by atoms with van der Waals surface area (Å²) in [6, 6.07) is 2.05. The van der Waals surface area contributed by atoms with Crippen molar-refractivity contribution < 1.29 is 19.1 Å². The van der Waals surface area contributed by atoms with Gasteiger partial charge in [-0.25, -0.2) is 14.0 Å². The fourth-order valence-electron chi connectivity index (χ4n) is 1.45. The maximum atomic E-state index is 12.9. The van der Waals surface area contributed by atoms with Crippen LogP contribution in [0.15, 0.2) is 18.2 Å². The van der Waals surface area contributed by atoms with E-state index in [1.54, 1.807) is 0 Å². The predicted octanol–water partition coefficient (Wildman–Crippen LogP) is 2.85. The molecule has 0 aliphatic rings. The summed E-state index contributed by atoms with van der Waals surface area (Å²) in [6.45, 7) is 1.81. The molecule has 1 rings (SSSR count). The first-order valence-electron chi connectivity index (χ1n) is 5.69. The lowest BCUT2D eigenvalue weighted by molar-refractivity contribution is -0.139. The summed E-state index contributed by atoms with van der Waals surface area (Å²) in [7, 11) is 0. The maximum absolute atomic E-state index is 12.9. The number of carbonyl (C=O) groups is 2. The van der Waals surface area contributed by atoms with Crippen LogP contribution in [0.3, 0.4) is 0 Å². The van der Waals surface area contributed by atoms with Crippen molar-refractivity contribution in [3.8, 4) is 0 Å². The van der Waals surface area contributed by atoms with E-state index >= 15 is 0 Å². The number of rotatable bonds is 5. The van der Waals surface area contributed by atoms with E-state index in [0.717, 1.165) is 6.07 Å². The van der Waals surface area contributed by atoms with E-state index < -0.39 is 23.9 Å². The van der Waals surface area contributed by atoms with Gasteiger partial charge in [-0.2, -0.15) is 0 Å². The average Bonchev–Trinajstić information content (AvgIpc) is 2.33. The smallest absolute Gasteiger partial charge is 0.326 e. The van der Waals surface area contributed by atoms with Gasteiger partial charge in [0.25, 0.3) is 0 Å². The molecule has 0 radical (unpaired) electrons. The van der Waals surface area contributed by atoms with Gasteiger partial charge in [0.05, 0.1) is 5.02 Å². The molecule has 5 nitrogen and oxygen atoms in total. The van der Waals surface area contributed by atoms with E-state index in [0.29, 0.717) is 12.8 Å². The molecule has 0 aliphatic carbocycles. The van der Waals surface area contributed by atoms with Crippen molar-refractivity contribution in [3.63, 3.8) is 0 Å².